The second-order valence-electron chi connectivity index (χ2n) is 3.35. The lowest BCUT2D eigenvalue weighted by atomic mass is 10.1. The Balaban J connectivity index is 2.85. The molecular weight excluding hydrogens is 234 g/mol. The lowest BCUT2D eigenvalue weighted by Gasteiger charge is -2.32. The molecule has 0 aromatic carbocycles. The summed E-state index contributed by atoms with van der Waals surface area (Å²) in [6.07, 6.45) is 0. The van der Waals surface area contributed by atoms with E-state index in [1.54, 1.807) is 18.7 Å². The predicted octanol–water partition coefficient (Wildman–Crippen LogP) is 0.980. The molecule has 0 radical (unpaired) electrons. The largest absolute Gasteiger partial charge is 0.465 e. The van der Waals surface area contributed by atoms with Gasteiger partial charge >= 0.3 is 5.97 Å². The molecule has 6 heteroatoms. The lowest BCUT2D eigenvalue weighted by molar-refractivity contribution is -0.151. The molecule has 0 saturated carbocycles. The van der Waals surface area contributed by atoms with E-state index in [9.17, 15) is 9.90 Å². The minimum absolute atomic E-state index is 0.310. The van der Waals surface area contributed by atoms with Crippen LogP contribution in [0.1, 0.15) is 20.8 Å². The summed E-state index contributed by atoms with van der Waals surface area (Å²) in [5.74, 6) is -0.411. The minimum Gasteiger partial charge on any atom is -0.465 e. The lowest BCUT2D eigenvalue weighted by Crippen LogP contribution is -2.51. The van der Waals surface area contributed by atoms with E-state index in [4.69, 9.17) is 17.0 Å². The fourth-order valence-electron chi connectivity index (χ4n) is 1.54. The third kappa shape index (κ3) is 2.26. The third-order valence-electron chi connectivity index (χ3n) is 2.30. The van der Waals surface area contributed by atoms with Crippen LogP contribution in [0.15, 0.2) is 0 Å². The molecule has 0 bridgehead atoms. The topological polar surface area (TPSA) is 49.8 Å². The van der Waals surface area contributed by atoms with E-state index >= 15 is 0 Å². The van der Waals surface area contributed by atoms with Gasteiger partial charge in [-0.3, -0.25) is 4.79 Å². The van der Waals surface area contributed by atoms with E-state index < -0.39 is 16.9 Å². The summed E-state index contributed by atoms with van der Waals surface area (Å²) in [5, 5.41) is 9.55. The number of aliphatic hydroxyl groups is 1. The van der Waals surface area contributed by atoms with Crippen molar-refractivity contribution in [3.63, 3.8) is 0 Å². The average Bonchev–Trinajstić information content (AvgIpc) is 2.36. The first-order chi connectivity index (χ1) is 6.95. The van der Waals surface area contributed by atoms with Crippen LogP contribution in [0.25, 0.3) is 0 Å². The molecule has 1 fully saturated rings. The first kappa shape index (κ1) is 12.7. The first-order valence-electron chi connectivity index (χ1n) is 4.82. The van der Waals surface area contributed by atoms with Crippen LogP contribution in [0.3, 0.4) is 0 Å². The number of hydrogen-bond acceptors (Lipinski definition) is 5. The highest BCUT2D eigenvalue weighted by atomic mass is 32.2. The molecule has 0 aliphatic carbocycles. The van der Waals surface area contributed by atoms with E-state index in [2.05, 4.69) is 0 Å². The van der Waals surface area contributed by atoms with Crippen molar-refractivity contribution in [2.45, 2.75) is 31.7 Å². The molecule has 2 atom stereocenters. The van der Waals surface area contributed by atoms with E-state index in [1.807, 2.05) is 6.92 Å². The second kappa shape index (κ2) is 4.67. The normalized spacial score (nSPS) is 30.8. The van der Waals surface area contributed by atoms with Gasteiger partial charge in [-0.25, -0.2) is 0 Å². The van der Waals surface area contributed by atoms with Crippen molar-refractivity contribution in [1.29, 1.82) is 0 Å². The molecule has 1 heterocycles. The van der Waals surface area contributed by atoms with Crippen LogP contribution < -0.4 is 0 Å². The number of rotatable bonds is 3. The zero-order valence-corrected chi connectivity index (χ0v) is 10.7. The van der Waals surface area contributed by atoms with E-state index in [1.165, 1.54) is 11.8 Å². The summed E-state index contributed by atoms with van der Waals surface area (Å²) in [6.45, 7) is 6.10. The Morgan fingerprint density at radius 1 is 1.73 bits per heavy atom. The SMILES string of the molecule is CCOC(=O)C1SC(=S)N(CC)C1(C)O. The van der Waals surface area contributed by atoms with Gasteiger partial charge in [0.05, 0.1) is 6.61 Å². The number of esters is 1. The Morgan fingerprint density at radius 3 is 2.73 bits per heavy atom. The van der Waals surface area contributed by atoms with Crippen LogP contribution in [-0.4, -0.2) is 44.4 Å². The van der Waals surface area contributed by atoms with E-state index in [0.29, 0.717) is 17.5 Å². The van der Waals surface area contributed by atoms with E-state index in [0.717, 1.165) is 0 Å². The molecule has 1 saturated heterocycles. The Labute approximate surface area is 99.0 Å². The Bertz CT molecular complexity index is 281. The van der Waals surface area contributed by atoms with Gasteiger partial charge in [-0.15, -0.1) is 0 Å². The van der Waals surface area contributed by atoms with Gasteiger partial charge in [0.15, 0.2) is 11.0 Å². The maximum atomic E-state index is 11.6. The molecule has 1 N–H and O–H groups in total. The summed E-state index contributed by atoms with van der Waals surface area (Å²) in [5.41, 5.74) is -1.25. The summed E-state index contributed by atoms with van der Waals surface area (Å²) in [4.78, 5) is 13.2. The van der Waals surface area contributed by atoms with Crippen molar-refractivity contribution < 1.29 is 14.6 Å². The third-order valence-corrected chi connectivity index (χ3v) is 4.10. The molecule has 2 unspecified atom stereocenters. The number of nitrogens with zero attached hydrogens (tertiary/aromatic N) is 1. The Hall–Kier alpha value is -0.330. The minimum atomic E-state index is -1.25. The van der Waals surface area contributed by atoms with E-state index in [-0.39, 0.29) is 0 Å². The number of thioether (sulfide) groups is 1. The molecule has 0 spiro atoms. The van der Waals surface area contributed by atoms with Crippen LogP contribution in [0.5, 0.6) is 0 Å². The summed E-state index contributed by atoms with van der Waals surface area (Å²) in [6, 6.07) is 0. The number of carbonyl (C=O) groups excluding carboxylic acids is 1. The number of carbonyl (C=O) groups is 1. The smallest absolute Gasteiger partial charge is 0.324 e. The van der Waals surface area contributed by atoms with Crippen molar-refractivity contribution in [2.75, 3.05) is 13.2 Å². The molecule has 1 aliphatic heterocycles. The maximum absolute atomic E-state index is 11.6. The van der Waals surface area contributed by atoms with Gasteiger partial charge in [-0.2, -0.15) is 0 Å². The fraction of sp³-hybridized carbons (Fsp3) is 0.778. The van der Waals surface area contributed by atoms with Crippen LogP contribution in [0.4, 0.5) is 0 Å². The van der Waals surface area contributed by atoms with Gasteiger partial charge in [0.1, 0.15) is 4.32 Å². The van der Waals surface area contributed by atoms with Crippen LogP contribution >= 0.6 is 24.0 Å². The van der Waals surface area contributed by atoms with Crippen molar-refractivity contribution >= 4 is 34.3 Å². The molecule has 0 aromatic heterocycles. The van der Waals surface area contributed by atoms with Gasteiger partial charge in [-0.1, -0.05) is 24.0 Å². The van der Waals surface area contributed by atoms with Gasteiger partial charge in [-0.05, 0) is 20.8 Å². The van der Waals surface area contributed by atoms with Gasteiger partial charge in [0, 0.05) is 6.54 Å². The van der Waals surface area contributed by atoms with Crippen molar-refractivity contribution in [3.8, 4) is 0 Å². The zero-order valence-electron chi connectivity index (χ0n) is 9.02. The molecule has 0 amide bonds. The monoisotopic (exact) mass is 249 g/mol. The zero-order chi connectivity index (χ0) is 11.6. The van der Waals surface area contributed by atoms with Crippen molar-refractivity contribution in [3.05, 3.63) is 0 Å². The number of hydrogen-bond donors (Lipinski definition) is 1. The summed E-state index contributed by atoms with van der Waals surface area (Å²) < 4.78 is 5.44. The molecule has 1 rings (SSSR count). The quantitative estimate of drug-likeness (QED) is 0.594. The fourth-order valence-corrected chi connectivity index (χ4v) is 3.30. The molecule has 86 valence electrons. The molecular formula is C9H15NO3S2. The van der Waals surface area contributed by atoms with Crippen LogP contribution in [-0.2, 0) is 9.53 Å². The molecule has 1 aliphatic rings. The highest BCUT2D eigenvalue weighted by Gasteiger charge is 2.51. The molecule has 15 heavy (non-hydrogen) atoms. The standard InChI is InChI=1S/C9H15NO3S2/c1-4-10-8(14)15-6(9(10,3)12)7(11)13-5-2/h6,12H,4-5H2,1-3H3. The molecule has 4 nitrogen and oxygen atoms in total. The maximum Gasteiger partial charge on any atom is 0.324 e. The average molecular weight is 249 g/mol. The predicted molar refractivity (Wildman–Crippen MR) is 63.6 cm³/mol. The second-order valence-corrected chi connectivity index (χ2v) is 5.09. The Kier molecular flexibility index (Phi) is 3.97. The Morgan fingerprint density at radius 2 is 2.33 bits per heavy atom. The van der Waals surface area contributed by atoms with Crippen molar-refractivity contribution in [2.24, 2.45) is 0 Å². The van der Waals surface area contributed by atoms with Gasteiger partial charge in [0.25, 0.3) is 0 Å². The van der Waals surface area contributed by atoms with Gasteiger partial charge in [0.2, 0.25) is 0 Å². The highest BCUT2D eigenvalue weighted by Crippen LogP contribution is 2.38. The summed E-state index contributed by atoms with van der Waals surface area (Å²) in [7, 11) is 0. The first-order valence-corrected chi connectivity index (χ1v) is 6.11. The number of ether oxygens (including phenoxy) is 1. The number of thiocarbonyl (C=S) groups is 1. The van der Waals surface area contributed by atoms with Crippen LogP contribution in [0, 0.1) is 0 Å². The summed E-state index contributed by atoms with van der Waals surface area (Å²) >= 11 is 6.28. The molecule has 0 aromatic rings. The highest BCUT2D eigenvalue weighted by molar-refractivity contribution is 8.24. The van der Waals surface area contributed by atoms with Crippen molar-refractivity contribution in [1.82, 2.24) is 4.90 Å². The van der Waals surface area contributed by atoms with Gasteiger partial charge < -0.3 is 14.7 Å². The van der Waals surface area contributed by atoms with Crippen LogP contribution in [0.2, 0.25) is 0 Å².